The SMILES string of the molecule is CN1CCC[C@H]2c3c(O)cccc3CC[C@H]21. The molecule has 1 aliphatic heterocycles. The van der Waals surface area contributed by atoms with Gasteiger partial charge < -0.3 is 10.0 Å². The number of aromatic hydroxyl groups is 1. The van der Waals surface area contributed by atoms with Gasteiger partial charge in [0, 0.05) is 17.5 Å². The third-order valence-electron chi connectivity index (χ3n) is 4.31. The zero-order chi connectivity index (χ0) is 11.1. The van der Waals surface area contributed by atoms with Crippen molar-refractivity contribution in [3.05, 3.63) is 29.3 Å². The van der Waals surface area contributed by atoms with Gasteiger partial charge >= 0.3 is 0 Å². The van der Waals surface area contributed by atoms with Crippen LogP contribution in [0.2, 0.25) is 0 Å². The van der Waals surface area contributed by atoms with E-state index in [0.29, 0.717) is 17.7 Å². The monoisotopic (exact) mass is 217 g/mol. The summed E-state index contributed by atoms with van der Waals surface area (Å²) in [7, 11) is 2.22. The molecule has 1 heterocycles. The molecule has 1 N–H and O–H groups in total. The van der Waals surface area contributed by atoms with E-state index in [-0.39, 0.29) is 0 Å². The lowest BCUT2D eigenvalue weighted by Crippen LogP contribution is -2.43. The lowest BCUT2D eigenvalue weighted by atomic mass is 9.74. The average Bonchev–Trinajstić information content (AvgIpc) is 2.29. The molecule has 0 amide bonds. The van der Waals surface area contributed by atoms with Gasteiger partial charge in [-0.25, -0.2) is 0 Å². The number of piperidine rings is 1. The van der Waals surface area contributed by atoms with Crippen LogP contribution >= 0.6 is 0 Å². The molecule has 0 saturated carbocycles. The molecule has 0 bridgehead atoms. The smallest absolute Gasteiger partial charge is 0.119 e. The molecule has 0 aromatic heterocycles. The average molecular weight is 217 g/mol. The topological polar surface area (TPSA) is 23.5 Å². The van der Waals surface area contributed by atoms with Crippen LogP contribution in [-0.4, -0.2) is 29.6 Å². The van der Waals surface area contributed by atoms with Gasteiger partial charge in [-0.15, -0.1) is 0 Å². The van der Waals surface area contributed by atoms with Gasteiger partial charge in [0.15, 0.2) is 0 Å². The normalized spacial score (nSPS) is 29.6. The molecule has 3 rings (SSSR count). The van der Waals surface area contributed by atoms with Gasteiger partial charge in [-0.1, -0.05) is 12.1 Å². The summed E-state index contributed by atoms with van der Waals surface area (Å²) in [5.41, 5.74) is 2.61. The predicted molar refractivity (Wildman–Crippen MR) is 64.8 cm³/mol. The molecule has 2 heteroatoms. The van der Waals surface area contributed by atoms with Crippen LogP contribution in [0.15, 0.2) is 18.2 Å². The predicted octanol–water partition coefficient (Wildman–Crippen LogP) is 2.52. The van der Waals surface area contributed by atoms with Gasteiger partial charge in [0.25, 0.3) is 0 Å². The highest BCUT2D eigenvalue weighted by Gasteiger charge is 2.35. The molecule has 1 aromatic carbocycles. The summed E-state index contributed by atoms with van der Waals surface area (Å²) >= 11 is 0. The zero-order valence-corrected chi connectivity index (χ0v) is 9.82. The molecule has 1 saturated heterocycles. The molecule has 86 valence electrons. The number of benzene rings is 1. The molecule has 1 aliphatic carbocycles. The summed E-state index contributed by atoms with van der Waals surface area (Å²) in [5, 5.41) is 10.1. The van der Waals surface area contributed by atoms with E-state index in [9.17, 15) is 5.11 Å². The van der Waals surface area contributed by atoms with Crippen LogP contribution in [0, 0.1) is 0 Å². The first-order valence-corrected chi connectivity index (χ1v) is 6.28. The summed E-state index contributed by atoms with van der Waals surface area (Å²) < 4.78 is 0. The minimum Gasteiger partial charge on any atom is -0.508 e. The molecule has 2 aliphatic rings. The highest BCUT2D eigenvalue weighted by Crippen LogP contribution is 2.43. The van der Waals surface area contributed by atoms with Crippen LogP contribution in [0.3, 0.4) is 0 Å². The summed E-state index contributed by atoms with van der Waals surface area (Å²) in [6.45, 7) is 1.21. The number of aryl methyl sites for hydroxylation is 1. The van der Waals surface area contributed by atoms with Crippen molar-refractivity contribution < 1.29 is 5.11 Å². The highest BCUT2D eigenvalue weighted by atomic mass is 16.3. The summed E-state index contributed by atoms with van der Waals surface area (Å²) in [4.78, 5) is 2.48. The lowest BCUT2D eigenvalue weighted by Gasteiger charge is -2.43. The second kappa shape index (κ2) is 3.77. The Morgan fingerprint density at radius 3 is 3.06 bits per heavy atom. The maximum atomic E-state index is 10.1. The van der Waals surface area contributed by atoms with Crippen molar-refractivity contribution >= 4 is 0 Å². The number of fused-ring (bicyclic) bond motifs is 3. The fourth-order valence-corrected chi connectivity index (χ4v) is 3.53. The number of phenolic OH excluding ortho intramolecular Hbond substituents is 1. The van der Waals surface area contributed by atoms with Crippen molar-refractivity contribution in [3.8, 4) is 5.75 Å². The molecule has 0 radical (unpaired) electrons. The van der Waals surface area contributed by atoms with Gasteiger partial charge in [0.2, 0.25) is 0 Å². The standard InChI is InChI=1S/C14H19NO/c1-15-9-3-5-11-12(15)8-7-10-4-2-6-13(16)14(10)11/h2,4,6,11-12,16H,3,5,7-9H2,1H3/t11-,12-/m1/s1. The van der Waals surface area contributed by atoms with Crippen molar-refractivity contribution in [2.24, 2.45) is 0 Å². The zero-order valence-electron chi connectivity index (χ0n) is 9.82. The maximum Gasteiger partial charge on any atom is 0.119 e. The van der Waals surface area contributed by atoms with Crippen molar-refractivity contribution in [1.29, 1.82) is 0 Å². The Hall–Kier alpha value is -1.02. The number of hydrogen-bond donors (Lipinski definition) is 1. The quantitative estimate of drug-likeness (QED) is 0.722. The lowest BCUT2D eigenvalue weighted by molar-refractivity contribution is 0.142. The van der Waals surface area contributed by atoms with Gasteiger partial charge in [-0.2, -0.15) is 0 Å². The van der Waals surface area contributed by atoms with E-state index in [2.05, 4.69) is 18.0 Å². The van der Waals surface area contributed by atoms with E-state index < -0.39 is 0 Å². The molecule has 2 atom stereocenters. The Kier molecular flexibility index (Phi) is 2.40. The van der Waals surface area contributed by atoms with Crippen molar-refractivity contribution in [2.75, 3.05) is 13.6 Å². The molecule has 1 fully saturated rings. The number of likely N-dealkylation sites (N-methyl/N-ethyl adjacent to an activating group) is 1. The Morgan fingerprint density at radius 1 is 1.31 bits per heavy atom. The Morgan fingerprint density at radius 2 is 2.19 bits per heavy atom. The number of rotatable bonds is 0. The first-order chi connectivity index (χ1) is 7.77. The number of nitrogens with zero attached hydrogens (tertiary/aromatic N) is 1. The summed E-state index contributed by atoms with van der Waals surface area (Å²) in [6, 6.07) is 6.64. The van der Waals surface area contributed by atoms with Gasteiger partial charge in [-0.3, -0.25) is 0 Å². The fourth-order valence-electron chi connectivity index (χ4n) is 3.53. The Labute approximate surface area is 96.9 Å². The molecular formula is C14H19NO. The number of likely N-dealkylation sites (tertiary alicyclic amines) is 1. The van der Waals surface area contributed by atoms with E-state index in [1.807, 2.05) is 12.1 Å². The Balaban J connectivity index is 2.04. The van der Waals surface area contributed by atoms with Crippen LogP contribution in [0.5, 0.6) is 5.75 Å². The van der Waals surface area contributed by atoms with Crippen LogP contribution in [0.25, 0.3) is 0 Å². The third-order valence-corrected chi connectivity index (χ3v) is 4.31. The van der Waals surface area contributed by atoms with Gasteiger partial charge in [0.05, 0.1) is 0 Å². The minimum absolute atomic E-state index is 0.516. The summed E-state index contributed by atoms with van der Waals surface area (Å²) in [6.07, 6.45) is 4.86. The summed E-state index contributed by atoms with van der Waals surface area (Å²) in [5.74, 6) is 1.08. The second-order valence-corrected chi connectivity index (χ2v) is 5.19. The van der Waals surface area contributed by atoms with E-state index in [4.69, 9.17) is 0 Å². The van der Waals surface area contributed by atoms with Crippen molar-refractivity contribution in [2.45, 2.75) is 37.6 Å². The third kappa shape index (κ3) is 1.44. The van der Waals surface area contributed by atoms with Crippen molar-refractivity contribution in [3.63, 3.8) is 0 Å². The van der Waals surface area contributed by atoms with Crippen LogP contribution in [0.1, 0.15) is 36.3 Å². The largest absolute Gasteiger partial charge is 0.508 e. The van der Waals surface area contributed by atoms with E-state index in [1.54, 1.807) is 0 Å². The van der Waals surface area contributed by atoms with Crippen LogP contribution in [-0.2, 0) is 6.42 Å². The van der Waals surface area contributed by atoms with Crippen LogP contribution < -0.4 is 0 Å². The van der Waals surface area contributed by atoms with Crippen LogP contribution in [0.4, 0.5) is 0 Å². The van der Waals surface area contributed by atoms with E-state index in [1.165, 1.54) is 36.9 Å². The molecule has 2 nitrogen and oxygen atoms in total. The van der Waals surface area contributed by atoms with E-state index >= 15 is 0 Å². The van der Waals surface area contributed by atoms with Gasteiger partial charge in [0.1, 0.15) is 5.75 Å². The minimum atomic E-state index is 0.516. The first-order valence-electron chi connectivity index (χ1n) is 6.28. The second-order valence-electron chi connectivity index (χ2n) is 5.19. The first kappa shape index (κ1) is 10.2. The van der Waals surface area contributed by atoms with E-state index in [0.717, 1.165) is 6.42 Å². The number of hydrogen-bond acceptors (Lipinski definition) is 2. The van der Waals surface area contributed by atoms with Crippen molar-refractivity contribution in [1.82, 2.24) is 4.90 Å². The molecule has 0 spiro atoms. The maximum absolute atomic E-state index is 10.1. The van der Waals surface area contributed by atoms with Gasteiger partial charge in [-0.05, 0) is 50.9 Å². The number of phenols is 1. The molecular weight excluding hydrogens is 198 g/mol. The molecule has 1 aromatic rings. The molecule has 16 heavy (non-hydrogen) atoms. The Bertz CT molecular complexity index is 402. The fraction of sp³-hybridized carbons (Fsp3) is 0.571. The highest BCUT2D eigenvalue weighted by molar-refractivity contribution is 5.44. The molecule has 0 unspecified atom stereocenters.